The Labute approximate surface area is 117 Å². The van der Waals surface area contributed by atoms with Crippen LogP contribution >= 0.6 is 0 Å². The minimum atomic E-state index is 0.0703. The molecule has 0 heteroatoms. The SMILES string of the molecule is C=CC1=C(/C=C\C)C(C)(C)c2ccc(C(C)C)cc21. The average molecular weight is 252 g/mol. The smallest absolute Gasteiger partial charge is 0.0158 e. The lowest BCUT2D eigenvalue weighted by molar-refractivity contribution is 0.653. The average Bonchev–Trinajstić information content (AvgIpc) is 2.58. The summed E-state index contributed by atoms with van der Waals surface area (Å²) in [6.45, 7) is 15.2. The van der Waals surface area contributed by atoms with Crippen molar-refractivity contribution >= 4 is 5.57 Å². The van der Waals surface area contributed by atoms with Gasteiger partial charge in [-0.15, -0.1) is 0 Å². The molecule has 0 aliphatic heterocycles. The molecule has 100 valence electrons. The first-order valence-electron chi connectivity index (χ1n) is 7.08. The van der Waals surface area contributed by atoms with Crippen molar-refractivity contribution in [3.05, 3.63) is 65.3 Å². The van der Waals surface area contributed by atoms with E-state index in [4.69, 9.17) is 0 Å². The second-order valence-corrected chi connectivity index (χ2v) is 6.12. The number of allylic oxidation sites excluding steroid dienone is 5. The van der Waals surface area contributed by atoms with E-state index in [1.165, 1.54) is 27.8 Å². The van der Waals surface area contributed by atoms with E-state index in [2.05, 4.69) is 71.5 Å². The van der Waals surface area contributed by atoms with Crippen LogP contribution in [0.4, 0.5) is 0 Å². The van der Waals surface area contributed by atoms with Crippen molar-refractivity contribution in [1.82, 2.24) is 0 Å². The normalized spacial score (nSPS) is 17.4. The van der Waals surface area contributed by atoms with Crippen molar-refractivity contribution in [3.8, 4) is 0 Å². The Morgan fingerprint density at radius 3 is 2.42 bits per heavy atom. The van der Waals surface area contributed by atoms with Crippen LogP contribution in [-0.2, 0) is 5.41 Å². The number of fused-ring (bicyclic) bond motifs is 1. The van der Waals surface area contributed by atoms with Gasteiger partial charge in [0.2, 0.25) is 0 Å². The molecule has 0 amide bonds. The standard InChI is InChI=1S/C19H24/c1-7-9-17-15(8-2)16-12-14(13(3)4)10-11-18(16)19(17,5)6/h7-13H,2H2,1,3-6H3/b9-7-. The Balaban J connectivity index is 2.71. The second kappa shape index (κ2) is 4.85. The number of hydrogen-bond donors (Lipinski definition) is 0. The maximum absolute atomic E-state index is 4.02. The molecule has 0 spiro atoms. The molecule has 1 aliphatic carbocycles. The third kappa shape index (κ3) is 2.10. The third-order valence-electron chi connectivity index (χ3n) is 4.17. The zero-order valence-corrected chi connectivity index (χ0v) is 12.7. The Hall–Kier alpha value is -1.56. The summed E-state index contributed by atoms with van der Waals surface area (Å²) < 4.78 is 0. The van der Waals surface area contributed by atoms with Crippen LogP contribution in [0.15, 0.2) is 48.6 Å². The van der Waals surface area contributed by atoms with Crippen LogP contribution in [0.5, 0.6) is 0 Å². The van der Waals surface area contributed by atoms with Crippen molar-refractivity contribution < 1.29 is 0 Å². The molecule has 19 heavy (non-hydrogen) atoms. The van der Waals surface area contributed by atoms with E-state index in [-0.39, 0.29) is 5.41 Å². The molecular formula is C19H24. The maximum Gasteiger partial charge on any atom is 0.0158 e. The van der Waals surface area contributed by atoms with E-state index in [1.54, 1.807) is 0 Å². The van der Waals surface area contributed by atoms with Gasteiger partial charge in [0.05, 0.1) is 0 Å². The predicted octanol–water partition coefficient (Wildman–Crippen LogP) is 5.62. The first-order valence-corrected chi connectivity index (χ1v) is 7.08. The van der Waals surface area contributed by atoms with Crippen LogP contribution in [-0.4, -0.2) is 0 Å². The molecule has 0 bridgehead atoms. The minimum Gasteiger partial charge on any atom is -0.0984 e. The zero-order valence-electron chi connectivity index (χ0n) is 12.7. The molecule has 0 N–H and O–H groups in total. The quantitative estimate of drug-likeness (QED) is 0.655. The summed E-state index contributed by atoms with van der Waals surface area (Å²) in [6, 6.07) is 6.91. The Morgan fingerprint density at radius 2 is 1.89 bits per heavy atom. The maximum atomic E-state index is 4.02. The summed E-state index contributed by atoms with van der Waals surface area (Å²) in [7, 11) is 0. The van der Waals surface area contributed by atoms with E-state index in [0.717, 1.165) is 0 Å². The Morgan fingerprint density at radius 1 is 1.21 bits per heavy atom. The largest absolute Gasteiger partial charge is 0.0984 e. The fourth-order valence-electron chi connectivity index (χ4n) is 3.00. The highest BCUT2D eigenvalue weighted by Gasteiger charge is 2.35. The van der Waals surface area contributed by atoms with E-state index in [9.17, 15) is 0 Å². The van der Waals surface area contributed by atoms with Gasteiger partial charge in [-0.1, -0.05) is 70.7 Å². The van der Waals surface area contributed by atoms with Gasteiger partial charge in [0.25, 0.3) is 0 Å². The molecule has 0 radical (unpaired) electrons. The van der Waals surface area contributed by atoms with E-state index >= 15 is 0 Å². The van der Waals surface area contributed by atoms with Gasteiger partial charge in [0.1, 0.15) is 0 Å². The van der Waals surface area contributed by atoms with Gasteiger partial charge in [0, 0.05) is 5.41 Å². The van der Waals surface area contributed by atoms with Crippen molar-refractivity contribution in [3.63, 3.8) is 0 Å². The fourth-order valence-corrected chi connectivity index (χ4v) is 3.00. The van der Waals surface area contributed by atoms with Crippen LogP contribution in [0, 0.1) is 0 Å². The lowest BCUT2D eigenvalue weighted by atomic mass is 9.80. The number of rotatable bonds is 3. The topological polar surface area (TPSA) is 0 Å². The van der Waals surface area contributed by atoms with Crippen LogP contribution < -0.4 is 0 Å². The molecule has 1 aromatic carbocycles. The first kappa shape index (κ1) is 13.9. The third-order valence-corrected chi connectivity index (χ3v) is 4.17. The molecule has 0 saturated heterocycles. The van der Waals surface area contributed by atoms with Gasteiger partial charge >= 0.3 is 0 Å². The molecule has 0 fully saturated rings. The van der Waals surface area contributed by atoms with Gasteiger partial charge in [-0.05, 0) is 40.7 Å². The van der Waals surface area contributed by atoms with E-state index in [1.807, 2.05) is 6.08 Å². The minimum absolute atomic E-state index is 0.0703. The highest BCUT2D eigenvalue weighted by Crippen LogP contribution is 2.47. The highest BCUT2D eigenvalue weighted by atomic mass is 14.4. The predicted molar refractivity (Wildman–Crippen MR) is 85.5 cm³/mol. The lowest BCUT2D eigenvalue weighted by Gasteiger charge is -2.23. The van der Waals surface area contributed by atoms with Crippen molar-refractivity contribution in [2.24, 2.45) is 0 Å². The highest BCUT2D eigenvalue weighted by molar-refractivity contribution is 5.87. The van der Waals surface area contributed by atoms with Gasteiger partial charge in [-0.2, -0.15) is 0 Å². The summed E-state index contributed by atoms with van der Waals surface area (Å²) in [4.78, 5) is 0. The molecule has 0 unspecified atom stereocenters. The summed E-state index contributed by atoms with van der Waals surface area (Å²) in [5.74, 6) is 0.560. The lowest BCUT2D eigenvalue weighted by Crippen LogP contribution is -2.16. The molecule has 0 nitrogen and oxygen atoms in total. The van der Waals surface area contributed by atoms with Crippen LogP contribution in [0.3, 0.4) is 0 Å². The summed E-state index contributed by atoms with van der Waals surface area (Å²) in [5, 5.41) is 0. The fraction of sp³-hybridized carbons (Fsp3) is 0.368. The van der Waals surface area contributed by atoms with Gasteiger partial charge in [-0.25, -0.2) is 0 Å². The molecule has 1 aliphatic rings. The zero-order chi connectivity index (χ0) is 14.2. The summed E-state index contributed by atoms with van der Waals surface area (Å²) in [6.07, 6.45) is 6.36. The molecule has 0 aromatic heterocycles. The Bertz CT molecular complexity index is 566. The van der Waals surface area contributed by atoms with Gasteiger partial charge in [0.15, 0.2) is 0 Å². The molecule has 0 atom stereocenters. The number of benzene rings is 1. The van der Waals surface area contributed by atoms with E-state index < -0.39 is 0 Å². The van der Waals surface area contributed by atoms with Crippen LogP contribution in [0.2, 0.25) is 0 Å². The van der Waals surface area contributed by atoms with Crippen molar-refractivity contribution in [2.45, 2.75) is 46.0 Å². The summed E-state index contributed by atoms with van der Waals surface area (Å²) in [5.41, 5.74) is 6.91. The summed E-state index contributed by atoms with van der Waals surface area (Å²) >= 11 is 0. The van der Waals surface area contributed by atoms with Gasteiger partial charge in [-0.3, -0.25) is 0 Å². The van der Waals surface area contributed by atoms with Gasteiger partial charge < -0.3 is 0 Å². The van der Waals surface area contributed by atoms with Crippen LogP contribution in [0.1, 0.15) is 57.2 Å². The first-order chi connectivity index (χ1) is 8.93. The van der Waals surface area contributed by atoms with E-state index in [0.29, 0.717) is 5.92 Å². The molecular weight excluding hydrogens is 228 g/mol. The van der Waals surface area contributed by atoms with Crippen molar-refractivity contribution in [2.75, 3.05) is 0 Å². The molecule has 2 rings (SSSR count). The molecule has 0 heterocycles. The molecule has 1 aromatic rings. The monoisotopic (exact) mass is 252 g/mol. The molecule has 0 saturated carbocycles. The second-order valence-electron chi connectivity index (χ2n) is 6.12. The van der Waals surface area contributed by atoms with Crippen LogP contribution in [0.25, 0.3) is 5.57 Å². The Kier molecular flexibility index (Phi) is 3.54. The van der Waals surface area contributed by atoms with Crippen molar-refractivity contribution in [1.29, 1.82) is 0 Å². The number of hydrogen-bond acceptors (Lipinski definition) is 0.